The van der Waals surface area contributed by atoms with Gasteiger partial charge in [0.15, 0.2) is 0 Å². The van der Waals surface area contributed by atoms with Gasteiger partial charge < -0.3 is 16.8 Å². The molecule has 110 valence electrons. The molecule has 1 aromatic heterocycles. The zero-order valence-electron chi connectivity index (χ0n) is 11.3. The van der Waals surface area contributed by atoms with Gasteiger partial charge in [-0.25, -0.2) is 4.98 Å². The van der Waals surface area contributed by atoms with Crippen LogP contribution in [0.5, 0.6) is 0 Å². The maximum absolute atomic E-state index is 11.0. The highest BCUT2D eigenvalue weighted by atomic mass is 35.5. The minimum absolute atomic E-state index is 0. The summed E-state index contributed by atoms with van der Waals surface area (Å²) in [6, 6.07) is 11.2. The zero-order valence-corrected chi connectivity index (χ0v) is 12.1. The van der Waals surface area contributed by atoms with Gasteiger partial charge in [0.2, 0.25) is 5.91 Å². The monoisotopic (exact) mass is 304 g/mol. The summed E-state index contributed by atoms with van der Waals surface area (Å²) in [7, 11) is 0. The van der Waals surface area contributed by atoms with Crippen molar-refractivity contribution in [1.29, 1.82) is 0 Å². The Kier molecular flexibility index (Phi) is 4.45. The van der Waals surface area contributed by atoms with Gasteiger partial charge in [-0.15, -0.1) is 12.4 Å². The second-order valence-electron chi connectivity index (χ2n) is 5.05. The van der Waals surface area contributed by atoms with E-state index in [2.05, 4.69) is 10.3 Å². The number of nitrogens with zero attached hydrogens (tertiary/aromatic N) is 1. The lowest BCUT2D eigenvalue weighted by Gasteiger charge is -2.07. The van der Waals surface area contributed by atoms with E-state index in [0.29, 0.717) is 11.5 Å². The van der Waals surface area contributed by atoms with Gasteiger partial charge in [0.05, 0.1) is 0 Å². The van der Waals surface area contributed by atoms with Gasteiger partial charge in [0.1, 0.15) is 5.82 Å². The Morgan fingerprint density at radius 3 is 2.33 bits per heavy atom. The van der Waals surface area contributed by atoms with Crippen LogP contribution in [-0.4, -0.2) is 16.9 Å². The molecule has 0 aliphatic heterocycles. The molecule has 2 aromatic rings. The molecule has 0 bridgehead atoms. The summed E-state index contributed by atoms with van der Waals surface area (Å²) in [6.07, 6.45) is 2.90. The molecular weight excluding hydrogens is 288 g/mol. The van der Waals surface area contributed by atoms with Crippen LogP contribution in [0.3, 0.4) is 0 Å². The minimum atomic E-state index is -0.431. The number of nitrogens with two attached hydrogens (primary N) is 2. The number of carbonyl (C=O) groups is 1. The summed E-state index contributed by atoms with van der Waals surface area (Å²) in [4.78, 5) is 15.4. The van der Waals surface area contributed by atoms with E-state index in [4.69, 9.17) is 11.5 Å². The van der Waals surface area contributed by atoms with Gasteiger partial charge in [-0.1, -0.05) is 6.07 Å². The Morgan fingerprint density at radius 1 is 1.19 bits per heavy atom. The third-order valence-corrected chi connectivity index (χ3v) is 3.50. The Bertz CT molecular complexity index is 627. The number of nitrogens with one attached hydrogen (secondary N) is 1. The first-order chi connectivity index (χ1) is 9.63. The number of amides is 1. The standard InChI is InChI=1S/C15H16N4O.ClH/c16-13-7-12(13)10-3-6-14(18-8-10)19-11-4-1-9(2-5-11)15(17)20;/h1-6,8,12-13H,7,16H2,(H2,17,20)(H,18,19);1H. The molecule has 0 saturated heterocycles. The van der Waals surface area contributed by atoms with Gasteiger partial charge >= 0.3 is 0 Å². The normalized spacial score (nSPS) is 19.5. The molecule has 1 aliphatic carbocycles. The Labute approximate surface area is 129 Å². The fourth-order valence-electron chi connectivity index (χ4n) is 2.16. The van der Waals surface area contributed by atoms with Crippen LogP contribution in [0.25, 0.3) is 0 Å². The van der Waals surface area contributed by atoms with Crippen molar-refractivity contribution >= 4 is 29.8 Å². The lowest BCUT2D eigenvalue weighted by Crippen LogP contribution is -2.10. The molecule has 2 atom stereocenters. The number of hydrogen-bond acceptors (Lipinski definition) is 4. The number of anilines is 2. The molecule has 1 aliphatic rings. The maximum atomic E-state index is 11.0. The number of benzene rings is 1. The molecule has 5 nitrogen and oxygen atoms in total. The van der Waals surface area contributed by atoms with Crippen LogP contribution in [0, 0.1) is 0 Å². The molecule has 1 heterocycles. The Hall–Kier alpha value is -2.11. The van der Waals surface area contributed by atoms with Crippen LogP contribution in [0.2, 0.25) is 0 Å². The molecule has 1 fully saturated rings. The van der Waals surface area contributed by atoms with Crippen LogP contribution in [0.1, 0.15) is 28.3 Å². The van der Waals surface area contributed by atoms with Crippen molar-refractivity contribution in [1.82, 2.24) is 4.98 Å². The summed E-state index contributed by atoms with van der Waals surface area (Å²) in [5.41, 5.74) is 13.5. The van der Waals surface area contributed by atoms with E-state index in [1.54, 1.807) is 24.3 Å². The summed E-state index contributed by atoms with van der Waals surface area (Å²) in [6.45, 7) is 0. The quantitative estimate of drug-likeness (QED) is 0.807. The van der Waals surface area contributed by atoms with Crippen LogP contribution in [0.4, 0.5) is 11.5 Å². The maximum Gasteiger partial charge on any atom is 0.248 e. The smallest absolute Gasteiger partial charge is 0.248 e. The number of rotatable bonds is 4. The van der Waals surface area contributed by atoms with Crippen molar-refractivity contribution in [2.24, 2.45) is 11.5 Å². The molecule has 5 N–H and O–H groups in total. The molecule has 21 heavy (non-hydrogen) atoms. The molecule has 2 unspecified atom stereocenters. The van der Waals surface area contributed by atoms with E-state index in [0.717, 1.165) is 17.9 Å². The summed E-state index contributed by atoms with van der Waals surface area (Å²) in [5, 5.41) is 3.17. The molecule has 1 saturated carbocycles. The van der Waals surface area contributed by atoms with Gasteiger partial charge in [-0.05, 0) is 42.3 Å². The largest absolute Gasteiger partial charge is 0.366 e. The van der Waals surface area contributed by atoms with E-state index in [-0.39, 0.29) is 18.4 Å². The first-order valence-electron chi connectivity index (χ1n) is 6.52. The van der Waals surface area contributed by atoms with E-state index in [1.807, 2.05) is 18.3 Å². The predicted molar refractivity (Wildman–Crippen MR) is 85.1 cm³/mol. The van der Waals surface area contributed by atoms with Crippen molar-refractivity contribution in [2.75, 3.05) is 5.32 Å². The molecule has 3 rings (SSSR count). The second-order valence-corrected chi connectivity index (χ2v) is 5.05. The second kappa shape index (κ2) is 6.11. The topological polar surface area (TPSA) is 94.0 Å². The SMILES string of the molecule is Cl.NC(=O)c1ccc(Nc2ccc(C3CC3N)cn2)cc1. The van der Waals surface area contributed by atoms with Crippen LogP contribution in [0.15, 0.2) is 42.6 Å². The van der Waals surface area contributed by atoms with Gasteiger partial charge in [-0.2, -0.15) is 0 Å². The van der Waals surface area contributed by atoms with E-state index in [1.165, 1.54) is 5.56 Å². The highest BCUT2D eigenvalue weighted by Crippen LogP contribution is 2.38. The van der Waals surface area contributed by atoms with Crippen LogP contribution < -0.4 is 16.8 Å². The van der Waals surface area contributed by atoms with Crippen LogP contribution in [-0.2, 0) is 0 Å². The minimum Gasteiger partial charge on any atom is -0.366 e. The molecule has 1 aromatic carbocycles. The van der Waals surface area contributed by atoms with Gasteiger partial charge in [-0.3, -0.25) is 4.79 Å². The van der Waals surface area contributed by atoms with Gasteiger partial charge in [0.25, 0.3) is 0 Å². The fraction of sp³-hybridized carbons (Fsp3) is 0.200. The Morgan fingerprint density at radius 2 is 1.86 bits per heavy atom. The number of primary amides is 1. The van der Waals surface area contributed by atoms with E-state index < -0.39 is 5.91 Å². The lowest BCUT2D eigenvalue weighted by molar-refractivity contribution is 0.100. The summed E-state index contributed by atoms with van der Waals surface area (Å²) < 4.78 is 0. The molecule has 0 radical (unpaired) electrons. The van der Waals surface area contributed by atoms with Gasteiger partial charge in [0, 0.05) is 29.4 Å². The van der Waals surface area contributed by atoms with Crippen LogP contribution >= 0.6 is 12.4 Å². The highest BCUT2D eigenvalue weighted by Gasteiger charge is 2.34. The van der Waals surface area contributed by atoms with Crippen molar-refractivity contribution in [3.05, 3.63) is 53.7 Å². The molecule has 1 amide bonds. The van der Waals surface area contributed by atoms with E-state index in [9.17, 15) is 4.79 Å². The molecule has 6 heteroatoms. The van der Waals surface area contributed by atoms with Crippen molar-refractivity contribution in [3.8, 4) is 0 Å². The molecular formula is C15H17ClN4O. The van der Waals surface area contributed by atoms with Crippen molar-refractivity contribution in [3.63, 3.8) is 0 Å². The summed E-state index contributed by atoms with van der Waals surface area (Å²) >= 11 is 0. The lowest BCUT2D eigenvalue weighted by atomic mass is 10.2. The number of carbonyl (C=O) groups excluding carboxylic acids is 1. The third kappa shape index (κ3) is 3.51. The average molecular weight is 305 g/mol. The Balaban J connectivity index is 0.00000161. The molecule has 0 spiro atoms. The van der Waals surface area contributed by atoms with Crippen molar-refractivity contribution in [2.45, 2.75) is 18.4 Å². The third-order valence-electron chi connectivity index (χ3n) is 3.50. The highest BCUT2D eigenvalue weighted by molar-refractivity contribution is 5.93. The predicted octanol–water partition coefficient (Wildman–Crippen LogP) is 2.16. The first-order valence-corrected chi connectivity index (χ1v) is 6.52. The first kappa shape index (κ1) is 15.3. The zero-order chi connectivity index (χ0) is 14.1. The van der Waals surface area contributed by atoms with Crippen molar-refractivity contribution < 1.29 is 4.79 Å². The number of halogens is 1. The number of hydrogen-bond donors (Lipinski definition) is 3. The average Bonchev–Trinajstić information content (AvgIpc) is 3.17. The summed E-state index contributed by atoms with van der Waals surface area (Å²) in [5.74, 6) is 0.793. The number of aromatic nitrogens is 1. The van der Waals surface area contributed by atoms with E-state index >= 15 is 0 Å². The fourth-order valence-corrected chi connectivity index (χ4v) is 2.16. The number of pyridine rings is 1.